The Labute approximate surface area is 251 Å². The van der Waals surface area contributed by atoms with Crippen LogP contribution in [0.1, 0.15) is 79.3 Å². The van der Waals surface area contributed by atoms with E-state index in [2.05, 4.69) is 50.2 Å². The van der Waals surface area contributed by atoms with Crippen LogP contribution in [-0.4, -0.2) is 0 Å². The Bertz CT molecular complexity index is 1580. The van der Waals surface area contributed by atoms with Crippen molar-refractivity contribution in [3.05, 3.63) is 114 Å². The third-order valence-corrected chi connectivity index (χ3v) is 9.07. The number of hydrogen-bond acceptors (Lipinski definition) is 0. The highest BCUT2D eigenvalue weighted by atomic mass is 35.5. The molecule has 39 heavy (non-hydrogen) atoms. The predicted molar refractivity (Wildman–Crippen MR) is 171 cm³/mol. The molecule has 0 unspecified atom stereocenters. The molecule has 0 aromatic heterocycles. The molecule has 4 heteroatoms. The number of fused-ring (bicyclic) bond motifs is 6. The molecule has 0 fully saturated rings. The minimum Gasteiger partial charge on any atom is -0.0843 e. The van der Waals surface area contributed by atoms with Gasteiger partial charge in [-0.2, -0.15) is 0 Å². The maximum Gasteiger partial charge on any atom is 0.0505 e. The molecule has 0 amide bonds. The van der Waals surface area contributed by atoms with Gasteiger partial charge in [0, 0.05) is 26.7 Å². The molecule has 198 valence electrons. The van der Waals surface area contributed by atoms with E-state index in [1.807, 2.05) is 24.3 Å². The van der Waals surface area contributed by atoms with Crippen LogP contribution in [0.15, 0.2) is 60.7 Å². The van der Waals surface area contributed by atoms with E-state index in [0.717, 1.165) is 40.7 Å². The monoisotopic (exact) mass is 590 g/mol. The molecule has 0 bridgehead atoms. The topological polar surface area (TPSA) is 0 Å². The zero-order valence-corrected chi connectivity index (χ0v) is 25.3. The maximum atomic E-state index is 6.97. The highest BCUT2D eigenvalue weighted by Crippen LogP contribution is 2.58. The van der Waals surface area contributed by atoms with Crippen molar-refractivity contribution in [2.24, 2.45) is 0 Å². The summed E-state index contributed by atoms with van der Waals surface area (Å²) in [5.74, 6) is 0. The fourth-order valence-electron chi connectivity index (χ4n) is 6.21. The van der Waals surface area contributed by atoms with Gasteiger partial charge in [0.05, 0.1) is 10.0 Å². The lowest BCUT2D eigenvalue weighted by molar-refractivity contribution is 0.717. The van der Waals surface area contributed by atoms with E-state index in [9.17, 15) is 0 Å². The Morgan fingerprint density at radius 1 is 0.462 bits per heavy atom. The van der Waals surface area contributed by atoms with Crippen molar-refractivity contribution < 1.29 is 0 Å². The summed E-state index contributed by atoms with van der Waals surface area (Å²) >= 11 is 26.9. The van der Waals surface area contributed by atoms with E-state index in [1.54, 1.807) is 0 Å². The zero-order chi connectivity index (χ0) is 27.3. The molecule has 0 atom stereocenters. The van der Waals surface area contributed by atoms with E-state index in [1.165, 1.54) is 71.1 Å². The number of unbranched alkanes of at least 4 members (excludes halogenated alkanes) is 3. The van der Waals surface area contributed by atoms with Crippen molar-refractivity contribution in [3.8, 4) is 22.3 Å². The first kappa shape index (κ1) is 27.0. The highest BCUT2D eigenvalue weighted by Gasteiger charge is 2.35. The van der Waals surface area contributed by atoms with Crippen molar-refractivity contribution in [2.45, 2.75) is 58.8 Å². The molecule has 0 spiro atoms. The van der Waals surface area contributed by atoms with Crippen molar-refractivity contribution in [2.75, 3.05) is 0 Å². The van der Waals surface area contributed by atoms with Crippen LogP contribution in [-0.2, 0) is 12.8 Å². The van der Waals surface area contributed by atoms with Gasteiger partial charge in [-0.05, 0) is 100 Å². The summed E-state index contributed by atoms with van der Waals surface area (Å²) in [5, 5.41) is 2.43. The number of aryl methyl sites for hydroxylation is 2. The lowest BCUT2D eigenvalue weighted by Gasteiger charge is -2.14. The second-order valence-corrected chi connectivity index (χ2v) is 12.4. The molecule has 0 nitrogen and oxygen atoms in total. The largest absolute Gasteiger partial charge is 0.0843 e. The number of halogens is 4. The average Bonchev–Trinajstić information content (AvgIpc) is 3.39. The summed E-state index contributed by atoms with van der Waals surface area (Å²) in [6, 6.07) is 21.6. The molecular weight excluding hydrogens is 562 g/mol. The van der Waals surface area contributed by atoms with Gasteiger partial charge in [0.15, 0.2) is 0 Å². The van der Waals surface area contributed by atoms with E-state index < -0.39 is 0 Å². The second kappa shape index (κ2) is 11.0. The summed E-state index contributed by atoms with van der Waals surface area (Å²) in [6.07, 6.45) is 8.23. The Morgan fingerprint density at radius 3 is 1.44 bits per heavy atom. The van der Waals surface area contributed by atoms with Crippen LogP contribution >= 0.6 is 46.4 Å². The molecule has 6 rings (SSSR count). The van der Waals surface area contributed by atoms with E-state index in [0.29, 0.717) is 20.1 Å². The number of rotatable bonds is 7. The number of hydrogen-bond donors (Lipinski definition) is 0. The molecule has 2 aliphatic carbocycles. The van der Waals surface area contributed by atoms with Gasteiger partial charge < -0.3 is 0 Å². The number of benzene rings is 4. The van der Waals surface area contributed by atoms with Crippen molar-refractivity contribution in [3.63, 3.8) is 0 Å². The summed E-state index contributed by atoms with van der Waals surface area (Å²) in [6.45, 7) is 4.50. The Balaban J connectivity index is 1.66. The van der Waals surface area contributed by atoms with E-state index in [4.69, 9.17) is 46.4 Å². The predicted octanol–water partition coefficient (Wildman–Crippen LogP) is 12.3. The van der Waals surface area contributed by atoms with Gasteiger partial charge in [0.1, 0.15) is 0 Å². The molecule has 4 aromatic carbocycles. The lowest BCUT2D eigenvalue weighted by atomic mass is 9.91. The van der Waals surface area contributed by atoms with Gasteiger partial charge in [-0.15, -0.1) is 0 Å². The minimum atomic E-state index is 0.594. The molecule has 0 N–H and O–H groups in total. The molecule has 0 heterocycles. The molecule has 2 aliphatic rings. The van der Waals surface area contributed by atoms with Crippen LogP contribution in [0.4, 0.5) is 0 Å². The third kappa shape index (κ3) is 4.74. The van der Waals surface area contributed by atoms with E-state index in [-0.39, 0.29) is 0 Å². The van der Waals surface area contributed by atoms with Gasteiger partial charge in [0.25, 0.3) is 0 Å². The van der Waals surface area contributed by atoms with Gasteiger partial charge in [-0.25, -0.2) is 0 Å². The fourth-order valence-corrected chi connectivity index (χ4v) is 7.38. The lowest BCUT2D eigenvalue weighted by Crippen LogP contribution is -1.93. The minimum absolute atomic E-state index is 0.594. The fraction of sp³-hybridized carbons (Fsp3) is 0.257. The molecule has 0 saturated heterocycles. The molecule has 0 radical (unpaired) electrons. The van der Waals surface area contributed by atoms with Gasteiger partial charge in [-0.3, -0.25) is 0 Å². The van der Waals surface area contributed by atoms with Crippen LogP contribution in [0.5, 0.6) is 0 Å². The second-order valence-electron chi connectivity index (χ2n) is 10.7. The first-order valence-electron chi connectivity index (χ1n) is 13.9. The maximum absolute atomic E-state index is 6.97. The Morgan fingerprint density at radius 2 is 0.949 bits per heavy atom. The van der Waals surface area contributed by atoms with Crippen molar-refractivity contribution >= 4 is 57.5 Å². The SMILES string of the molecule is CCCCCc1ccc2c(c1)-c1cc(CCCC)ccc1C2=C1c2c(Cl)cc(Cl)cc2-c2cc(Cl)cc(Cl)c21. The molecule has 4 aromatic rings. The van der Waals surface area contributed by atoms with Crippen LogP contribution in [0.2, 0.25) is 20.1 Å². The normalized spacial score (nSPS) is 13.0. The van der Waals surface area contributed by atoms with Crippen LogP contribution in [0.3, 0.4) is 0 Å². The van der Waals surface area contributed by atoms with Crippen LogP contribution < -0.4 is 0 Å². The quantitative estimate of drug-likeness (QED) is 0.162. The highest BCUT2D eigenvalue weighted by molar-refractivity contribution is 6.41. The Hall–Kier alpha value is -2.22. The smallest absolute Gasteiger partial charge is 0.0505 e. The third-order valence-electron chi connectivity index (χ3n) is 8.03. The van der Waals surface area contributed by atoms with Crippen LogP contribution in [0, 0.1) is 0 Å². The van der Waals surface area contributed by atoms with Crippen molar-refractivity contribution in [1.82, 2.24) is 0 Å². The molecule has 0 saturated carbocycles. The van der Waals surface area contributed by atoms with E-state index >= 15 is 0 Å². The van der Waals surface area contributed by atoms with Crippen LogP contribution in [0.25, 0.3) is 33.4 Å². The average molecular weight is 592 g/mol. The first-order valence-corrected chi connectivity index (χ1v) is 15.4. The Kier molecular flexibility index (Phi) is 7.60. The first-order chi connectivity index (χ1) is 18.9. The summed E-state index contributed by atoms with van der Waals surface area (Å²) in [5.41, 5.74) is 13.9. The molecule has 0 aliphatic heterocycles. The molecular formula is C35H30Cl4. The summed E-state index contributed by atoms with van der Waals surface area (Å²) < 4.78 is 0. The standard InChI is InChI=1S/C35H30Cl4/c1-3-5-7-9-21-11-13-25-27(15-21)26-14-20(8-6-4-2)10-12-24(26)32(25)35-33-28(16-22(36)18-30(33)38)29-17-23(37)19-31(39)34(29)35/h10-19H,3-9H2,1-2H3. The van der Waals surface area contributed by atoms with Gasteiger partial charge in [0.2, 0.25) is 0 Å². The van der Waals surface area contributed by atoms with Crippen molar-refractivity contribution in [1.29, 1.82) is 0 Å². The summed E-state index contributed by atoms with van der Waals surface area (Å²) in [7, 11) is 0. The zero-order valence-electron chi connectivity index (χ0n) is 22.2. The van der Waals surface area contributed by atoms with Gasteiger partial charge in [-0.1, -0.05) is 116 Å². The summed E-state index contributed by atoms with van der Waals surface area (Å²) in [4.78, 5) is 0. The van der Waals surface area contributed by atoms with Gasteiger partial charge >= 0.3 is 0 Å².